The molecule has 2 bridgehead atoms. The molecule has 3 saturated heterocycles. The number of piperidine rings is 1. The van der Waals surface area contributed by atoms with Gasteiger partial charge < -0.3 is 15.5 Å². The Kier molecular flexibility index (Phi) is 1.64. The molecule has 3 aliphatic rings. The molecule has 3 unspecified atom stereocenters. The molecule has 3 aliphatic heterocycles. The highest BCUT2D eigenvalue weighted by Gasteiger charge is 2.54. The smallest absolute Gasteiger partial charge is 0.252 e. The largest absolute Gasteiger partial charge is 0.348 e. The van der Waals surface area contributed by atoms with Gasteiger partial charge in [-0.05, 0) is 31.6 Å². The number of fused-ring (bicyclic) bond motifs is 3. The Bertz CT molecular complexity index is 319. The fourth-order valence-corrected chi connectivity index (χ4v) is 3.22. The number of nitrogens with zero attached hydrogens (tertiary/aromatic N) is 1. The second-order valence-electron chi connectivity index (χ2n) is 4.42. The second kappa shape index (κ2) is 2.67. The Balaban J connectivity index is 1.95. The van der Waals surface area contributed by atoms with Crippen molar-refractivity contribution in [2.45, 2.75) is 18.4 Å². The fraction of sp³-hybridized carbons (Fsp3) is 0.778. The molecule has 2 N–H and O–H groups in total. The minimum atomic E-state index is -0.371. The SMILES string of the molecule is O=C1NC(=S)NC12CCN1CCC2C1. The van der Waals surface area contributed by atoms with Gasteiger partial charge in [0.2, 0.25) is 0 Å². The summed E-state index contributed by atoms with van der Waals surface area (Å²) in [7, 11) is 0. The number of thiocarbonyl (C=S) groups is 1. The first-order valence-electron chi connectivity index (χ1n) is 5.07. The lowest BCUT2D eigenvalue weighted by Gasteiger charge is -2.37. The van der Waals surface area contributed by atoms with Crippen molar-refractivity contribution in [2.75, 3.05) is 19.6 Å². The highest BCUT2D eigenvalue weighted by Crippen LogP contribution is 2.37. The van der Waals surface area contributed by atoms with Gasteiger partial charge in [0.05, 0.1) is 0 Å². The van der Waals surface area contributed by atoms with Crippen LogP contribution in [0.4, 0.5) is 0 Å². The molecule has 4 nitrogen and oxygen atoms in total. The van der Waals surface area contributed by atoms with E-state index in [9.17, 15) is 4.79 Å². The maximum atomic E-state index is 11.9. The van der Waals surface area contributed by atoms with Gasteiger partial charge in [0.25, 0.3) is 5.91 Å². The summed E-state index contributed by atoms with van der Waals surface area (Å²) in [4.78, 5) is 14.3. The normalized spacial score (nSPS) is 45.4. The van der Waals surface area contributed by atoms with Gasteiger partial charge in [-0.15, -0.1) is 0 Å². The Hall–Kier alpha value is -0.680. The van der Waals surface area contributed by atoms with Crippen molar-refractivity contribution in [2.24, 2.45) is 5.92 Å². The standard InChI is InChI=1S/C9H13N3OS/c13-7-9(11-8(14)10-7)2-4-12-3-1-6(9)5-12/h6H,1-5H2,(H2,10,11,13,14). The average molecular weight is 211 g/mol. The van der Waals surface area contributed by atoms with Gasteiger partial charge in [-0.2, -0.15) is 0 Å². The molecular weight excluding hydrogens is 198 g/mol. The highest BCUT2D eigenvalue weighted by atomic mass is 32.1. The van der Waals surface area contributed by atoms with E-state index in [1.807, 2.05) is 0 Å². The number of rotatable bonds is 0. The van der Waals surface area contributed by atoms with Crippen LogP contribution in [-0.4, -0.2) is 41.1 Å². The quantitative estimate of drug-likeness (QED) is 0.528. The number of amides is 1. The number of nitrogens with one attached hydrogen (secondary N) is 2. The lowest BCUT2D eigenvalue weighted by atomic mass is 9.79. The molecule has 0 aromatic heterocycles. The van der Waals surface area contributed by atoms with Gasteiger partial charge in [-0.1, -0.05) is 0 Å². The summed E-state index contributed by atoms with van der Waals surface area (Å²) in [5.41, 5.74) is -0.371. The van der Waals surface area contributed by atoms with E-state index in [0.717, 1.165) is 32.5 Å². The van der Waals surface area contributed by atoms with Crippen LogP contribution in [0.2, 0.25) is 0 Å². The zero-order valence-electron chi connectivity index (χ0n) is 7.88. The van der Waals surface area contributed by atoms with Crippen LogP contribution >= 0.6 is 12.2 Å². The Morgan fingerprint density at radius 3 is 3.07 bits per heavy atom. The predicted molar refractivity (Wildman–Crippen MR) is 55.8 cm³/mol. The van der Waals surface area contributed by atoms with E-state index in [0.29, 0.717) is 11.0 Å². The molecule has 5 heteroatoms. The molecule has 1 spiro atoms. The van der Waals surface area contributed by atoms with Crippen LogP contribution < -0.4 is 10.6 Å². The van der Waals surface area contributed by atoms with E-state index in [-0.39, 0.29) is 11.4 Å². The van der Waals surface area contributed by atoms with Gasteiger partial charge in [0.15, 0.2) is 5.11 Å². The van der Waals surface area contributed by atoms with Crippen molar-refractivity contribution in [1.82, 2.24) is 15.5 Å². The Morgan fingerprint density at radius 1 is 1.50 bits per heavy atom. The summed E-state index contributed by atoms with van der Waals surface area (Å²) < 4.78 is 0. The summed E-state index contributed by atoms with van der Waals surface area (Å²) >= 11 is 5.01. The molecule has 3 atom stereocenters. The van der Waals surface area contributed by atoms with E-state index in [1.165, 1.54) is 0 Å². The molecule has 3 fully saturated rings. The zero-order chi connectivity index (χ0) is 9.76. The van der Waals surface area contributed by atoms with Crippen LogP contribution in [0.15, 0.2) is 0 Å². The van der Waals surface area contributed by atoms with Crippen molar-refractivity contribution in [3.63, 3.8) is 0 Å². The van der Waals surface area contributed by atoms with Crippen LogP contribution in [0.1, 0.15) is 12.8 Å². The van der Waals surface area contributed by atoms with Crippen LogP contribution in [0.5, 0.6) is 0 Å². The Labute approximate surface area is 88.0 Å². The molecule has 14 heavy (non-hydrogen) atoms. The highest BCUT2D eigenvalue weighted by molar-refractivity contribution is 7.80. The van der Waals surface area contributed by atoms with Gasteiger partial charge in [-0.3, -0.25) is 4.79 Å². The molecule has 0 radical (unpaired) electrons. The third-order valence-corrected chi connectivity index (χ3v) is 3.96. The van der Waals surface area contributed by atoms with Crippen LogP contribution in [0.25, 0.3) is 0 Å². The van der Waals surface area contributed by atoms with E-state index in [1.54, 1.807) is 0 Å². The first-order chi connectivity index (χ1) is 6.71. The molecular formula is C9H13N3OS. The van der Waals surface area contributed by atoms with Crippen molar-refractivity contribution < 1.29 is 4.79 Å². The van der Waals surface area contributed by atoms with Gasteiger partial charge in [-0.25, -0.2) is 0 Å². The first-order valence-corrected chi connectivity index (χ1v) is 5.47. The molecule has 0 aromatic rings. The van der Waals surface area contributed by atoms with Crippen molar-refractivity contribution in [3.05, 3.63) is 0 Å². The van der Waals surface area contributed by atoms with Crippen LogP contribution in [0.3, 0.4) is 0 Å². The molecule has 3 heterocycles. The molecule has 3 rings (SSSR count). The monoisotopic (exact) mass is 211 g/mol. The van der Waals surface area contributed by atoms with Gasteiger partial charge in [0.1, 0.15) is 5.54 Å². The lowest BCUT2D eigenvalue weighted by molar-refractivity contribution is -0.126. The predicted octanol–water partition coefficient (Wildman–Crippen LogP) is -0.545. The molecule has 0 aliphatic carbocycles. The minimum absolute atomic E-state index is 0.0917. The molecule has 76 valence electrons. The molecule has 1 amide bonds. The Morgan fingerprint density at radius 2 is 2.36 bits per heavy atom. The van der Waals surface area contributed by atoms with Gasteiger partial charge in [0, 0.05) is 19.0 Å². The second-order valence-corrected chi connectivity index (χ2v) is 4.82. The van der Waals surface area contributed by atoms with E-state index in [2.05, 4.69) is 15.5 Å². The van der Waals surface area contributed by atoms with Crippen LogP contribution in [-0.2, 0) is 4.79 Å². The maximum Gasteiger partial charge on any atom is 0.252 e. The van der Waals surface area contributed by atoms with E-state index in [4.69, 9.17) is 12.2 Å². The summed E-state index contributed by atoms with van der Waals surface area (Å²) in [6, 6.07) is 0. The average Bonchev–Trinajstić information content (AvgIpc) is 2.65. The zero-order valence-corrected chi connectivity index (χ0v) is 8.69. The first kappa shape index (κ1) is 8.61. The number of hydrogen-bond acceptors (Lipinski definition) is 3. The fourth-order valence-electron chi connectivity index (χ4n) is 2.95. The van der Waals surface area contributed by atoms with E-state index < -0.39 is 0 Å². The minimum Gasteiger partial charge on any atom is -0.348 e. The van der Waals surface area contributed by atoms with Crippen molar-refractivity contribution in [1.29, 1.82) is 0 Å². The molecule has 0 aromatic carbocycles. The van der Waals surface area contributed by atoms with Crippen LogP contribution in [0, 0.1) is 5.92 Å². The molecule has 0 saturated carbocycles. The summed E-state index contributed by atoms with van der Waals surface area (Å²) in [5, 5.41) is 6.42. The van der Waals surface area contributed by atoms with Gasteiger partial charge >= 0.3 is 0 Å². The number of hydrogen-bond donors (Lipinski definition) is 2. The number of carbonyl (C=O) groups excluding carboxylic acids is 1. The topological polar surface area (TPSA) is 44.4 Å². The summed E-state index contributed by atoms with van der Waals surface area (Å²) in [5.74, 6) is 0.533. The van der Waals surface area contributed by atoms with Crippen molar-refractivity contribution >= 4 is 23.2 Å². The third-order valence-electron chi connectivity index (χ3n) is 3.76. The van der Waals surface area contributed by atoms with Crippen molar-refractivity contribution in [3.8, 4) is 0 Å². The lowest BCUT2D eigenvalue weighted by Crippen LogP contribution is -2.57. The third kappa shape index (κ3) is 0.966. The van der Waals surface area contributed by atoms with E-state index >= 15 is 0 Å². The maximum absolute atomic E-state index is 11.9. The summed E-state index contributed by atoms with van der Waals surface area (Å²) in [6.07, 6.45) is 2.01. The number of carbonyl (C=O) groups is 1. The summed E-state index contributed by atoms with van der Waals surface area (Å²) in [6.45, 7) is 3.19.